The van der Waals surface area contributed by atoms with Gasteiger partial charge in [-0.25, -0.2) is 4.79 Å². The molecule has 41 heavy (non-hydrogen) atoms. The number of rotatable bonds is 8. The van der Waals surface area contributed by atoms with Gasteiger partial charge in [-0.05, 0) is 61.2 Å². The molecule has 8 atom stereocenters. The molecule has 1 aliphatic heterocycles. The number of aliphatic hydroxyl groups excluding tert-OH is 1. The third kappa shape index (κ3) is 5.95. The highest BCUT2D eigenvalue weighted by molar-refractivity contribution is 5.87. The average molecular weight is 565 g/mol. The zero-order valence-corrected chi connectivity index (χ0v) is 24.4. The van der Waals surface area contributed by atoms with Gasteiger partial charge in [-0.1, -0.05) is 68.5 Å². The van der Waals surface area contributed by atoms with Crippen molar-refractivity contribution in [3.05, 3.63) is 77.9 Å². The van der Waals surface area contributed by atoms with Gasteiger partial charge in [-0.2, -0.15) is 0 Å². The van der Waals surface area contributed by atoms with Crippen LogP contribution in [0.4, 0.5) is 0 Å². The van der Waals surface area contributed by atoms with Crippen LogP contribution in [0.25, 0.3) is 6.08 Å². The van der Waals surface area contributed by atoms with Crippen LogP contribution >= 0.6 is 0 Å². The third-order valence-corrected chi connectivity index (χ3v) is 9.06. The molecule has 0 radical (unpaired) electrons. The molecule has 2 fully saturated rings. The second-order valence-electron chi connectivity index (χ2n) is 11.6. The first-order valence-electron chi connectivity index (χ1n) is 14.0. The van der Waals surface area contributed by atoms with Crippen molar-refractivity contribution in [1.82, 2.24) is 0 Å². The molecule has 1 saturated heterocycles. The molecule has 0 amide bonds. The van der Waals surface area contributed by atoms with E-state index in [4.69, 9.17) is 18.9 Å². The predicted molar refractivity (Wildman–Crippen MR) is 153 cm³/mol. The number of carbonyl (C=O) groups is 3. The average Bonchev–Trinajstić information content (AvgIpc) is 3.21. The van der Waals surface area contributed by atoms with Crippen molar-refractivity contribution in [2.75, 3.05) is 0 Å². The third-order valence-electron chi connectivity index (χ3n) is 9.06. The van der Waals surface area contributed by atoms with Crippen LogP contribution in [0.2, 0.25) is 0 Å². The first kappa shape index (κ1) is 30.5. The molecule has 0 bridgehead atoms. The Bertz CT molecular complexity index is 1260. The molecular weight excluding hydrogens is 524 g/mol. The van der Waals surface area contributed by atoms with E-state index in [2.05, 4.69) is 26.5 Å². The van der Waals surface area contributed by atoms with Gasteiger partial charge >= 0.3 is 17.9 Å². The van der Waals surface area contributed by atoms with Crippen molar-refractivity contribution in [3.63, 3.8) is 0 Å². The lowest BCUT2D eigenvalue weighted by molar-refractivity contribution is -0.253. The lowest BCUT2D eigenvalue weighted by Gasteiger charge is -2.60. The summed E-state index contributed by atoms with van der Waals surface area (Å²) >= 11 is 0. The van der Waals surface area contributed by atoms with E-state index in [-0.39, 0.29) is 11.8 Å². The first-order valence-corrected chi connectivity index (χ1v) is 14.0. The van der Waals surface area contributed by atoms with Gasteiger partial charge < -0.3 is 19.3 Å². The SMILES string of the molecule is C=CC(C)=CCC1(C)C(C)CC(O)C23C(=CC(OC(=O)C=Cc4ccccc4)CC12)C(OC(C)=O)OC3OC(C)=O. The zero-order valence-electron chi connectivity index (χ0n) is 24.4. The maximum Gasteiger partial charge on any atom is 0.331 e. The van der Waals surface area contributed by atoms with Crippen LogP contribution in [0, 0.1) is 22.7 Å². The van der Waals surface area contributed by atoms with E-state index in [1.807, 2.05) is 37.3 Å². The molecule has 8 nitrogen and oxygen atoms in total. The second-order valence-corrected chi connectivity index (χ2v) is 11.6. The summed E-state index contributed by atoms with van der Waals surface area (Å²) in [6, 6.07) is 9.41. The maximum atomic E-state index is 13.0. The van der Waals surface area contributed by atoms with Crippen LogP contribution < -0.4 is 0 Å². The zero-order chi connectivity index (χ0) is 29.9. The molecule has 1 aromatic rings. The van der Waals surface area contributed by atoms with E-state index >= 15 is 0 Å². The lowest BCUT2D eigenvalue weighted by Crippen LogP contribution is -2.63. The molecule has 1 N–H and O–H groups in total. The Hall–Kier alpha value is -3.49. The molecule has 4 rings (SSSR count). The maximum absolute atomic E-state index is 13.0. The minimum absolute atomic E-state index is 0.0430. The van der Waals surface area contributed by atoms with Gasteiger partial charge in [-0.15, -0.1) is 0 Å². The Kier molecular flexibility index (Phi) is 9.04. The summed E-state index contributed by atoms with van der Waals surface area (Å²) in [4.78, 5) is 37.3. The number of carbonyl (C=O) groups excluding carboxylic acids is 3. The monoisotopic (exact) mass is 564 g/mol. The summed E-state index contributed by atoms with van der Waals surface area (Å²) in [5, 5.41) is 11.8. The summed E-state index contributed by atoms with van der Waals surface area (Å²) in [5.74, 6) is -2.04. The molecule has 0 aromatic heterocycles. The van der Waals surface area contributed by atoms with Crippen molar-refractivity contribution >= 4 is 24.0 Å². The number of hydrogen-bond donors (Lipinski definition) is 1. The highest BCUT2D eigenvalue weighted by atomic mass is 16.8. The van der Waals surface area contributed by atoms with Crippen molar-refractivity contribution in [2.45, 2.75) is 78.7 Å². The number of ether oxygens (including phenoxy) is 4. The van der Waals surface area contributed by atoms with Gasteiger partial charge in [0, 0.05) is 25.5 Å². The molecule has 8 heteroatoms. The molecule has 8 unspecified atom stereocenters. The Balaban J connectivity index is 1.80. The molecule has 1 spiro atoms. The molecule has 3 aliphatic rings. The van der Waals surface area contributed by atoms with Gasteiger partial charge in [0.05, 0.1) is 11.5 Å². The standard InChI is InChI=1S/C33H40O8/c1-7-20(2)15-16-32(6)21(3)17-28(36)33-26(30(38-22(4)34)41-31(33)39-23(5)35)18-25(19-27(32)33)40-29(37)14-13-24-11-9-8-10-12-24/h7-15,18,21,25,27-28,30-31,36H,1,16-17,19H2,2-6H3. The van der Waals surface area contributed by atoms with Gasteiger partial charge in [0.25, 0.3) is 0 Å². The molecule has 1 heterocycles. The van der Waals surface area contributed by atoms with Crippen molar-refractivity contribution < 1.29 is 38.4 Å². The largest absolute Gasteiger partial charge is 0.455 e. The number of esters is 3. The van der Waals surface area contributed by atoms with Gasteiger partial charge in [0.2, 0.25) is 12.6 Å². The summed E-state index contributed by atoms with van der Waals surface area (Å²) in [7, 11) is 0. The second kappa shape index (κ2) is 12.2. The Morgan fingerprint density at radius 1 is 1.07 bits per heavy atom. The van der Waals surface area contributed by atoms with E-state index in [1.165, 1.54) is 19.9 Å². The Morgan fingerprint density at radius 2 is 1.76 bits per heavy atom. The van der Waals surface area contributed by atoms with Gasteiger partial charge in [-0.3, -0.25) is 14.3 Å². The van der Waals surface area contributed by atoms with Crippen LogP contribution in [0.5, 0.6) is 0 Å². The number of benzene rings is 1. The van der Waals surface area contributed by atoms with E-state index in [9.17, 15) is 19.5 Å². The number of hydrogen-bond acceptors (Lipinski definition) is 8. The number of allylic oxidation sites excluding steroid dienone is 3. The molecule has 1 saturated carbocycles. The lowest BCUT2D eigenvalue weighted by atomic mass is 9.45. The van der Waals surface area contributed by atoms with Gasteiger partial charge in [0.15, 0.2) is 0 Å². The summed E-state index contributed by atoms with van der Waals surface area (Å²) in [6.07, 6.45) is 5.97. The Morgan fingerprint density at radius 3 is 2.39 bits per heavy atom. The quantitative estimate of drug-likeness (QED) is 0.149. The molecule has 2 aliphatic carbocycles. The topological polar surface area (TPSA) is 108 Å². The smallest absolute Gasteiger partial charge is 0.331 e. The first-order chi connectivity index (χ1) is 19.4. The van der Waals surface area contributed by atoms with Crippen molar-refractivity contribution in [3.8, 4) is 0 Å². The van der Waals surface area contributed by atoms with Crippen LogP contribution in [-0.4, -0.2) is 47.8 Å². The van der Waals surface area contributed by atoms with Crippen LogP contribution in [0.15, 0.2) is 72.4 Å². The van der Waals surface area contributed by atoms with Crippen LogP contribution in [-0.2, 0) is 33.3 Å². The summed E-state index contributed by atoms with van der Waals surface area (Å²) in [6.45, 7) is 12.6. The normalized spacial score (nSPS) is 34.7. The predicted octanol–water partition coefficient (Wildman–Crippen LogP) is 5.28. The van der Waals surface area contributed by atoms with Crippen molar-refractivity contribution in [2.24, 2.45) is 22.7 Å². The highest BCUT2D eigenvalue weighted by Crippen LogP contribution is 2.67. The van der Waals surface area contributed by atoms with E-state index in [0.717, 1.165) is 11.1 Å². The fourth-order valence-corrected chi connectivity index (χ4v) is 6.79. The fraction of sp³-hybridized carbons (Fsp3) is 0.485. The van der Waals surface area contributed by atoms with E-state index < -0.39 is 53.5 Å². The van der Waals surface area contributed by atoms with E-state index in [1.54, 1.807) is 18.2 Å². The van der Waals surface area contributed by atoms with Crippen molar-refractivity contribution in [1.29, 1.82) is 0 Å². The Labute approximate surface area is 241 Å². The summed E-state index contributed by atoms with van der Waals surface area (Å²) in [5.41, 5.74) is 0.674. The fourth-order valence-electron chi connectivity index (χ4n) is 6.79. The molecule has 220 valence electrons. The highest BCUT2D eigenvalue weighted by Gasteiger charge is 2.71. The molecular formula is C33H40O8. The summed E-state index contributed by atoms with van der Waals surface area (Å²) < 4.78 is 23.3. The van der Waals surface area contributed by atoms with Crippen LogP contribution in [0.1, 0.15) is 59.4 Å². The van der Waals surface area contributed by atoms with E-state index in [0.29, 0.717) is 24.8 Å². The minimum Gasteiger partial charge on any atom is -0.455 e. The van der Waals surface area contributed by atoms with Gasteiger partial charge in [0.1, 0.15) is 6.10 Å². The van der Waals surface area contributed by atoms with Crippen LogP contribution in [0.3, 0.4) is 0 Å². The number of aliphatic hydroxyl groups is 1. The minimum atomic E-state index is -1.21. The molecule has 1 aromatic carbocycles.